The summed E-state index contributed by atoms with van der Waals surface area (Å²) in [7, 11) is 1.53. The van der Waals surface area contributed by atoms with Crippen molar-refractivity contribution in [2.24, 2.45) is 0 Å². The minimum Gasteiger partial charge on any atom is -0.494 e. The third-order valence-corrected chi connectivity index (χ3v) is 5.53. The first-order valence-electron chi connectivity index (χ1n) is 10.1. The summed E-state index contributed by atoms with van der Waals surface area (Å²) < 4.78 is 12.8. The van der Waals surface area contributed by atoms with Gasteiger partial charge in [-0.25, -0.2) is 14.5 Å². The molecule has 0 amide bonds. The molecule has 0 aliphatic heterocycles. The van der Waals surface area contributed by atoms with Gasteiger partial charge in [-0.1, -0.05) is 30.3 Å². The molecule has 0 fully saturated rings. The van der Waals surface area contributed by atoms with Gasteiger partial charge in [-0.05, 0) is 38.5 Å². The second-order valence-corrected chi connectivity index (χ2v) is 7.68. The number of aromatic nitrogens is 4. The van der Waals surface area contributed by atoms with E-state index in [-0.39, 0.29) is 17.0 Å². The maximum absolute atomic E-state index is 13.5. The molecule has 0 aliphatic carbocycles. The standard InChI is InChI=1S/C24H21N5O3/c1-12(25)16-10-17(31-4)21-18(11-16)32-23(27-21)20-13(2)26-22-19(15-8-6-5-7-9-15)14(3)28-29(22)24(20)30/h5-11,25,28H,1-4H3. The molecule has 32 heavy (non-hydrogen) atoms. The van der Waals surface area contributed by atoms with E-state index in [1.54, 1.807) is 26.0 Å². The number of H-pyrrole nitrogens is 1. The summed E-state index contributed by atoms with van der Waals surface area (Å²) in [6.45, 7) is 5.37. The van der Waals surface area contributed by atoms with Gasteiger partial charge in [0.05, 0.1) is 12.8 Å². The van der Waals surface area contributed by atoms with Crippen molar-refractivity contribution in [1.82, 2.24) is 19.6 Å². The van der Waals surface area contributed by atoms with Crippen LogP contribution in [-0.2, 0) is 0 Å². The minimum absolute atomic E-state index is 0.163. The fourth-order valence-corrected chi connectivity index (χ4v) is 3.96. The average molecular weight is 427 g/mol. The van der Waals surface area contributed by atoms with Crippen LogP contribution in [0, 0.1) is 19.3 Å². The van der Waals surface area contributed by atoms with Crippen molar-refractivity contribution in [2.75, 3.05) is 7.11 Å². The zero-order chi connectivity index (χ0) is 22.6. The van der Waals surface area contributed by atoms with E-state index in [4.69, 9.17) is 19.5 Å². The van der Waals surface area contributed by atoms with Crippen molar-refractivity contribution >= 4 is 22.5 Å². The third-order valence-electron chi connectivity index (χ3n) is 5.53. The number of aromatic amines is 1. The third kappa shape index (κ3) is 2.91. The number of nitrogens with one attached hydrogen (secondary N) is 2. The number of hydrogen-bond acceptors (Lipinski definition) is 6. The molecule has 0 radical (unpaired) electrons. The number of aryl methyl sites for hydroxylation is 2. The van der Waals surface area contributed by atoms with Crippen LogP contribution in [0.5, 0.6) is 5.75 Å². The second kappa shape index (κ2) is 7.19. The first-order chi connectivity index (χ1) is 15.4. The monoisotopic (exact) mass is 427 g/mol. The van der Waals surface area contributed by atoms with Crippen molar-refractivity contribution in [2.45, 2.75) is 20.8 Å². The number of methoxy groups -OCH3 is 1. The fourth-order valence-electron chi connectivity index (χ4n) is 3.96. The molecule has 0 aliphatic rings. The highest BCUT2D eigenvalue weighted by Crippen LogP contribution is 2.32. The van der Waals surface area contributed by atoms with Crippen LogP contribution in [0.15, 0.2) is 51.7 Å². The lowest BCUT2D eigenvalue weighted by molar-refractivity contribution is 0.419. The lowest BCUT2D eigenvalue weighted by Crippen LogP contribution is -2.19. The molecule has 3 heterocycles. The van der Waals surface area contributed by atoms with E-state index in [2.05, 4.69) is 10.1 Å². The van der Waals surface area contributed by atoms with Gasteiger partial charge in [-0.3, -0.25) is 9.89 Å². The number of fused-ring (bicyclic) bond motifs is 2. The molecule has 160 valence electrons. The molecule has 0 unspecified atom stereocenters. The molecule has 5 rings (SSSR count). The quantitative estimate of drug-likeness (QED) is 0.410. The Morgan fingerprint density at radius 1 is 1.12 bits per heavy atom. The van der Waals surface area contributed by atoms with Gasteiger partial charge in [0.1, 0.15) is 11.3 Å². The fraction of sp³-hybridized carbons (Fsp3) is 0.167. The lowest BCUT2D eigenvalue weighted by Gasteiger charge is -2.04. The first kappa shape index (κ1) is 19.7. The van der Waals surface area contributed by atoms with Crippen LogP contribution >= 0.6 is 0 Å². The Morgan fingerprint density at radius 3 is 2.56 bits per heavy atom. The van der Waals surface area contributed by atoms with Crippen LogP contribution in [-0.4, -0.2) is 32.4 Å². The average Bonchev–Trinajstić information content (AvgIpc) is 3.34. The highest BCUT2D eigenvalue weighted by molar-refractivity contribution is 6.00. The number of hydrogen-bond donors (Lipinski definition) is 2. The Kier molecular flexibility index (Phi) is 4.44. The van der Waals surface area contributed by atoms with Crippen molar-refractivity contribution in [3.05, 3.63) is 69.8 Å². The van der Waals surface area contributed by atoms with E-state index in [1.165, 1.54) is 11.6 Å². The highest BCUT2D eigenvalue weighted by atomic mass is 16.5. The summed E-state index contributed by atoms with van der Waals surface area (Å²) in [6.07, 6.45) is 0. The summed E-state index contributed by atoms with van der Waals surface area (Å²) in [5, 5.41) is 11.1. The maximum atomic E-state index is 13.5. The van der Waals surface area contributed by atoms with E-state index >= 15 is 0 Å². The molecule has 2 aromatic carbocycles. The van der Waals surface area contributed by atoms with Gasteiger partial charge in [0.2, 0.25) is 5.89 Å². The summed E-state index contributed by atoms with van der Waals surface area (Å²) in [6, 6.07) is 13.3. The molecular formula is C24H21N5O3. The minimum atomic E-state index is -0.299. The van der Waals surface area contributed by atoms with Crippen molar-refractivity contribution in [1.29, 1.82) is 5.41 Å². The van der Waals surface area contributed by atoms with E-state index < -0.39 is 0 Å². The molecule has 5 aromatic rings. The van der Waals surface area contributed by atoms with Gasteiger partial charge >= 0.3 is 0 Å². The van der Waals surface area contributed by atoms with Gasteiger partial charge in [0, 0.05) is 22.5 Å². The van der Waals surface area contributed by atoms with Gasteiger partial charge in [-0.2, -0.15) is 0 Å². The molecule has 0 saturated heterocycles. The molecule has 2 N–H and O–H groups in total. The van der Waals surface area contributed by atoms with Crippen molar-refractivity contribution < 1.29 is 9.15 Å². The SMILES string of the molecule is COc1cc(C(C)=N)cc2oc(-c3c(C)nc4c(-c5ccccc5)c(C)[nH]n4c3=O)nc12. The molecule has 0 saturated carbocycles. The molecule has 0 atom stereocenters. The van der Waals surface area contributed by atoms with E-state index in [1.807, 2.05) is 37.3 Å². The Bertz CT molecular complexity index is 1570. The second-order valence-electron chi connectivity index (χ2n) is 7.68. The molecule has 3 aromatic heterocycles. The van der Waals surface area contributed by atoms with E-state index in [9.17, 15) is 4.79 Å². The lowest BCUT2D eigenvalue weighted by atomic mass is 10.1. The summed E-state index contributed by atoms with van der Waals surface area (Å²) >= 11 is 0. The summed E-state index contributed by atoms with van der Waals surface area (Å²) in [4.78, 5) is 22.8. The van der Waals surface area contributed by atoms with Crippen LogP contribution < -0.4 is 10.3 Å². The van der Waals surface area contributed by atoms with Crippen molar-refractivity contribution in [3.8, 4) is 28.3 Å². The maximum Gasteiger partial charge on any atom is 0.285 e. The van der Waals surface area contributed by atoms with Crippen LogP contribution in [0.1, 0.15) is 23.9 Å². The van der Waals surface area contributed by atoms with Crippen LogP contribution in [0.25, 0.3) is 39.3 Å². The number of oxazole rings is 1. The summed E-state index contributed by atoms with van der Waals surface area (Å²) in [5.74, 6) is 0.643. The molecule has 8 heteroatoms. The van der Waals surface area contributed by atoms with Crippen LogP contribution in [0.2, 0.25) is 0 Å². The Morgan fingerprint density at radius 2 is 1.88 bits per heavy atom. The Balaban J connectivity index is 1.76. The predicted molar refractivity (Wildman–Crippen MR) is 123 cm³/mol. The van der Waals surface area contributed by atoms with E-state index in [0.29, 0.717) is 39.5 Å². The molecule has 0 bridgehead atoms. The zero-order valence-electron chi connectivity index (χ0n) is 18.1. The molecular weight excluding hydrogens is 406 g/mol. The number of rotatable bonds is 4. The largest absolute Gasteiger partial charge is 0.494 e. The topological polar surface area (TPSA) is 109 Å². The van der Waals surface area contributed by atoms with Crippen molar-refractivity contribution in [3.63, 3.8) is 0 Å². The smallest absolute Gasteiger partial charge is 0.285 e. The number of nitrogens with zero attached hydrogens (tertiary/aromatic N) is 3. The molecule has 0 spiro atoms. The number of ether oxygens (including phenoxy) is 1. The van der Waals surface area contributed by atoms with Gasteiger partial charge < -0.3 is 14.6 Å². The van der Waals surface area contributed by atoms with Crippen LogP contribution in [0.4, 0.5) is 0 Å². The zero-order valence-corrected chi connectivity index (χ0v) is 18.1. The van der Waals surface area contributed by atoms with Gasteiger partial charge in [-0.15, -0.1) is 0 Å². The van der Waals surface area contributed by atoms with Gasteiger partial charge in [0.25, 0.3) is 5.56 Å². The highest BCUT2D eigenvalue weighted by Gasteiger charge is 2.23. The van der Waals surface area contributed by atoms with Gasteiger partial charge in [0.15, 0.2) is 16.7 Å². The number of benzene rings is 2. The molecule has 8 nitrogen and oxygen atoms in total. The Labute approximate surface area is 183 Å². The van der Waals surface area contributed by atoms with Crippen LogP contribution in [0.3, 0.4) is 0 Å². The Hall–Kier alpha value is -4.20. The summed E-state index contributed by atoms with van der Waals surface area (Å²) in [5.41, 5.74) is 5.69. The normalized spacial score (nSPS) is 11.4. The first-order valence-corrected chi connectivity index (χ1v) is 10.1. The van der Waals surface area contributed by atoms with E-state index in [0.717, 1.165) is 16.8 Å². The predicted octanol–water partition coefficient (Wildman–Crippen LogP) is 4.51.